The molecule has 2 heterocycles. The second kappa shape index (κ2) is 8.25. The second-order valence-corrected chi connectivity index (χ2v) is 10.2. The molecule has 1 saturated heterocycles. The molecule has 1 N–H and O–H groups in total. The first-order chi connectivity index (χ1) is 14.3. The molecule has 0 unspecified atom stereocenters. The lowest BCUT2D eigenvalue weighted by Crippen LogP contribution is -2.41. The van der Waals surface area contributed by atoms with Gasteiger partial charge in [-0.15, -0.1) is 0 Å². The summed E-state index contributed by atoms with van der Waals surface area (Å²) in [4.78, 5) is 28.7. The molecule has 0 saturated carbocycles. The molecule has 1 aliphatic heterocycles. The Bertz CT molecular complexity index is 1180. The van der Waals surface area contributed by atoms with Gasteiger partial charge in [-0.05, 0) is 44.0 Å². The van der Waals surface area contributed by atoms with Crippen molar-refractivity contribution in [1.82, 2.24) is 9.29 Å². The summed E-state index contributed by atoms with van der Waals surface area (Å²) in [5, 5.41) is 3.42. The zero-order valence-electron chi connectivity index (χ0n) is 16.4. The number of anilines is 1. The van der Waals surface area contributed by atoms with E-state index in [1.54, 1.807) is 12.1 Å². The standard InChI is InChI=1S/C21H21N3O4S2/c1-14(25)16-5-4-6-17(13-16)30(27,28)24-11-9-15(10-12-24)20(26)23-21-22-18-7-2-3-8-19(18)29-21/h2-8,13,15H,9-12H2,1H3,(H,22,23,26). The molecule has 1 aromatic heterocycles. The van der Waals surface area contributed by atoms with Crippen molar-refractivity contribution in [3.63, 3.8) is 0 Å². The van der Waals surface area contributed by atoms with Crippen LogP contribution in [0, 0.1) is 5.92 Å². The molecule has 3 aromatic rings. The van der Waals surface area contributed by atoms with Gasteiger partial charge in [0, 0.05) is 24.6 Å². The van der Waals surface area contributed by atoms with E-state index in [2.05, 4.69) is 10.3 Å². The van der Waals surface area contributed by atoms with Crippen LogP contribution in [0.25, 0.3) is 10.2 Å². The van der Waals surface area contributed by atoms with Gasteiger partial charge in [0.15, 0.2) is 10.9 Å². The van der Waals surface area contributed by atoms with Crippen molar-refractivity contribution in [1.29, 1.82) is 0 Å². The summed E-state index contributed by atoms with van der Waals surface area (Å²) in [6, 6.07) is 13.7. The number of Topliss-reactive ketones (excluding diaryl/α,β-unsaturated/α-hetero) is 1. The molecule has 156 valence electrons. The van der Waals surface area contributed by atoms with Crippen molar-refractivity contribution in [3.05, 3.63) is 54.1 Å². The number of carbonyl (C=O) groups excluding carboxylic acids is 2. The number of amides is 1. The maximum atomic E-state index is 12.9. The maximum Gasteiger partial charge on any atom is 0.243 e. The van der Waals surface area contributed by atoms with Gasteiger partial charge >= 0.3 is 0 Å². The number of thiazole rings is 1. The predicted octanol–water partition coefficient (Wildman–Crippen LogP) is 3.54. The van der Waals surface area contributed by atoms with Crippen LogP contribution in [0.2, 0.25) is 0 Å². The van der Waals surface area contributed by atoms with Gasteiger partial charge in [0.1, 0.15) is 0 Å². The van der Waals surface area contributed by atoms with Crippen molar-refractivity contribution < 1.29 is 18.0 Å². The normalized spacial score (nSPS) is 15.9. The molecule has 9 heteroatoms. The Labute approximate surface area is 178 Å². The van der Waals surface area contributed by atoms with Gasteiger partial charge in [-0.3, -0.25) is 9.59 Å². The van der Waals surface area contributed by atoms with E-state index in [0.29, 0.717) is 23.5 Å². The second-order valence-electron chi connectivity index (χ2n) is 7.24. The summed E-state index contributed by atoms with van der Waals surface area (Å²) >= 11 is 1.42. The highest BCUT2D eigenvalue weighted by Gasteiger charge is 2.32. The summed E-state index contributed by atoms with van der Waals surface area (Å²) in [6.45, 7) is 1.91. The molecule has 30 heavy (non-hydrogen) atoms. The Morgan fingerprint density at radius 3 is 2.53 bits per heavy atom. The molecule has 0 radical (unpaired) electrons. The fourth-order valence-electron chi connectivity index (χ4n) is 3.52. The summed E-state index contributed by atoms with van der Waals surface area (Å²) in [6.07, 6.45) is 0.866. The molecule has 1 amide bonds. The topological polar surface area (TPSA) is 96.4 Å². The molecule has 1 aliphatic rings. The van der Waals surface area contributed by atoms with Crippen LogP contribution in [-0.4, -0.2) is 42.5 Å². The maximum absolute atomic E-state index is 12.9. The number of hydrogen-bond acceptors (Lipinski definition) is 6. The molecule has 0 atom stereocenters. The minimum Gasteiger partial charge on any atom is -0.302 e. The Kier molecular flexibility index (Phi) is 5.68. The Morgan fingerprint density at radius 1 is 1.10 bits per heavy atom. The third kappa shape index (κ3) is 4.14. The number of carbonyl (C=O) groups is 2. The first-order valence-electron chi connectivity index (χ1n) is 9.62. The third-order valence-electron chi connectivity index (χ3n) is 5.23. The van der Waals surface area contributed by atoms with E-state index in [1.165, 1.54) is 34.7 Å². The fraction of sp³-hybridized carbons (Fsp3) is 0.286. The van der Waals surface area contributed by atoms with Crippen molar-refractivity contribution in [2.24, 2.45) is 5.92 Å². The van der Waals surface area contributed by atoms with Crippen molar-refractivity contribution in [3.8, 4) is 0 Å². The number of piperidine rings is 1. The van der Waals surface area contributed by atoms with Crippen molar-refractivity contribution >= 4 is 48.4 Å². The number of nitrogens with one attached hydrogen (secondary N) is 1. The number of benzene rings is 2. The van der Waals surface area contributed by atoms with E-state index >= 15 is 0 Å². The first kappa shape index (κ1) is 20.6. The Hall–Kier alpha value is -2.62. The predicted molar refractivity (Wildman–Crippen MR) is 116 cm³/mol. The van der Waals surface area contributed by atoms with Crippen LogP contribution in [-0.2, 0) is 14.8 Å². The zero-order valence-corrected chi connectivity index (χ0v) is 18.0. The van der Waals surface area contributed by atoms with Crippen LogP contribution in [0.5, 0.6) is 0 Å². The van der Waals surface area contributed by atoms with E-state index in [0.717, 1.165) is 10.2 Å². The minimum atomic E-state index is -3.70. The van der Waals surface area contributed by atoms with E-state index in [4.69, 9.17) is 0 Å². The molecule has 4 rings (SSSR count). The summed E-state index contributed by atoms with van der Waals surface area (Å²) in [5.41, 5.74) is 1.20. The molecular formula is C21H21N3O4S2. The number of hydrogen-bond donors (Lipinski definition) is 1. The van der Waals surface area contributed by atoms with Crippen LogP contribution < -0.4 is 5.32 Å². The van der Waals surface area contributed by atoms with Crippen LogP contribution in [0.1, 0.15) is 30.1 Å². The highest BCUT2D eigenvalue weighted by Crippen LogP contribution is 2.28. The van der Waals surface area contributed by atoms with E-state index in [1.807, 2.05) is 24.3 Å². The highest BCUT2D eigenvalue weighted by molar-refractivity contribution is 7.89. The van der Waals surface area contributed by atoms with E-state index in [-0.39, 0.29) is 35.6 Å². The average molecular weight is 444 g/mol. The van der Waals surface area contributed by atoms with E-state index in [9.17, 15) is 18.0 Å². The lowest BCUT2D eigenvalue weighted by molar-refractivity contribution is -0.120. The molecule has 2 aromatic carbocycles. The van der Waals surface area contributed by atoms with Crippen LogP contribution in [0.15, 0.2) is 53.4 Å². The lowest BCUT2D eigenvalue weighted by atomic mass is 9.97. The average Bonchev–Trinajstić information content (AvgIpc) is 3.16. The van der Waals surface area contributed by atoms with Crippen LogP contribution >= 0.6 is 11.3 Å². The first-order valence-corrected chi connectivity index (χ1v) is 11.9. The van der Waals surface area contributed by atoms with Gasteiger partial charge in [0.05, 0.1) is 15.1 Å². The smallest absolute Gasteiger partial charge is 0.243 e. The molecule has 0 aliphatic carbocycles. The molecule has 0 bridgehead atoms. The largest absolute Gasteiger partial charge is 0.302 e. The van der Waals surface area contributed by atoms with Crippen molar-refractivity contribution in [2.75, 3.05) is 18.4 Å². The number of aromatic nitrogens is 1. The van der Waals surface area contributed by atoms with Gasteiger partial charge in [-0.1, -0.05) is 35.6 Å². The number of sulfonamides is 1. The number of para-hydroxylation sites is 1. The molecule has 0 spiro atoms. The molecule has 7 nitrogen and oxygen atoms in total. The fourth-order valence-corrected chi connectivity index (χ4v) is 5.90. The number of rotatable bonds is 5. The zero-order chi connectivity index (χ0) is 21.3. The SMILES string of the molecule is CC(=O)c1cccc(S(=O)(=O)N2CCC(C(=O)Nc3nc4ccccc4s3)CC2)c1. The summed E-state index contributed by atoms with van der Waals surface area (Å²) in [7, 11) is -3.70. The quantitative estimate of drug-likeness (QED) is 0.609. The molecular weight excluding hydrogens is 422 g/mol. The number of fused-ring (bicyclic) bond motifs is 1. The van der Waals surface area contributed by atoms with Gasteiger partial charge in [0.2, 0.25) is 15.9 Å². The van der Waals surface area contributed by atoms with Gasteiger partial charge in [-0.25, -0.2) is 13.4 Å². The van der Waals surface area contributed by atoms with E-state index < -0.39 is 10.0 Å². The number of ketones is 1. The highest BCUT2D eigenvalue weighted by atomic mass is 32.2. The van der Waals surface area contributed by atoms with Gasteiger partial charge in [0.25, 0.3) is 0 Å². The Morgan fingerprint density at radius 2 is 1.83 bits per heavy atom. The summed E-state index contributed by atoms with van der Waals surface area (Å²) < 4.78 is 28.3. The number of nitrogens with zero attached hydrogens (tertiary/aromatic N) is 2. The molecule has 1 fully saturated rings. The minimum absolute atomic E-state index is 0.104. The summed E-state index contributed by atoms with van der Waals surface area (Å²) in [5.74, 6) is -0.589. The Balaban J connectivity index is 1.41. The van der Waals surface area contributed by atoms with Crippen molar-refractivity contribution in [2.45, 2.75) is 24.7 Å². The van der Waals surface area contributed by atoms with Crippen LogP contribution in [0.3, 0.4) is 0 Å². The van der Waals surface area contributed by atoms with Gasteiger partial charge < -0.3 is 5.32 Å². The third-order valence-corrected chi connectivity index (χ3v) is 8.07. The van der Waals surface area contributed by atoms with Crippen LogP contribution in [0.4, 0.5) is 5.13 Å². The lowest BCUT2D eigenvalue weighted by Gasteiger charge is -2.30. The van der Waals surface area contributed by atoms with Gasteiger partial charge in [-0.2, -0.15) is 4.31 Å². The monoisotopic (exact) mass is 443 g/mol.